The molecular weight excluding hydrogens is 211 g/mol. The van der Waals surface area contributed by atoms with Crippen LogP contribution in [0.15, 0.2) is 24.3 Å². The molecule has 1 atom stereocenters. The van der Waals surface area contributed by atoms with Gasteiger partial charge < -0.3 is 19.9 Å². The molecule has 0 unspecified atom stereocenters. The first-order valence-corrected chi connectivity index (χ1v) is 4.89. The Labute approximate surface area is 93.4 Å². The Morgan fingerprint density at radius 3 is 2.44 bits per heavy atom. The van der Waals surface area contributed by atoms with Gasteiger partial charge in [0.25, 0.3) is 0 Å². The van der Waals surface area contributed by atoms with Gasteiger partial charge in [0.05, 0.1) is 5.56 Å². The van der Waals surface area contributed by atoms with Crippen molar-refractivity contribution in [2.75, 3.05) is 0 Å². The zero-order valence-corrected chi connectivity index (χ0v) is 8.83. The Balaban J connectivity index is 2.70. The Kier molecular flexibility index (Phi) is 4.48. The molecule has 86 valence electrons. The molecule has 1 aromatic carbocycles. The van der Waals surface area contributed by atoms with E-state index < -0.39 is 19.4 Å². The number of aliphatic hydroxyl groups is 1. The van der Waals surface area contributed by atoms with E-state index in [4.69, 9.17) is 14.9 Å². The molecular formula is C10H13BO5. The van der Waals surface area contributed by atoms with Gasteiger partial charge in [-0.15, -0.1) is 0 Å². The van der Waals surface area contributed by atoms with Crippen LogP contribution in [0, 0.1) is 0 Å². The highest BCUT2D eigenvalue weighted by Crippen LogP contribution is 2.00. The first-order chi connectivity index (χ1) is 7.54. The summed E-state index contributed by atoms with van der Waals surface area (Å²) in [6.45, 7) is 1.71. The van der Waals surface area contributed by atoms with Crippen LogP contribution < -0.4 is 5.46 Å². The largest absolute Gasteiger partial charge is 0.493 e. The van der Waals surface area contributed by atoms with Crippen molar-refractivity contribution in [1.82, 2.24) is 0 Å². The van der Waals surface area contributed by atoms with Gasteiger partial charge in [-0.3, -0.25) is 0 Å². The van der Waals surface area contributed by atoms with E-state index >= 15 is 0 Å². The first kappa shape index (κ1) is 12.7. The second-order valence-corrected chi connectivity index (χ2v) is 3.28. The Hall–Kier alpha value is -1.37. The van der Waals surface area contributed by atoms with Gasteiger partial charge in [0.1, 0.15) is 6.29 Å². The number of aliphatic hydroxyl groups excluding tert-OH is 1. The number of carboxylic acids is 1. The van der Waals surface area contributed by atoms with Crippen molar-refractivity contribution >= 4 is 18.6 Å². The number of aromatic carboxylic acids is 1. The summed E-state index contributed by atoms with van der Waals surface area (Å²) in [6, 6.07) is 5.61. The maximum absolute atomic E-state index is 10.6. The highest BCUT2D eigenvalue weighted by Gasteiger charge is 2.19. The zero-order chi connectivity index (χ0) is 12.1. The topological polar surface area (TPSA) is 87.0 Å². The van der Waals surface area contributed by atoms with Crippen LogP contribution in [0.25, 0.3) is 0 Å². The molecule has 0 aliphatic rings. The summed E-state index contributed by atoms with van der Waals surface area (Å²) in [4.78, 5) is 10.6. The smallest absolute Gasteiger partial charge is 0.478 e. The number of carboxylic acid groups (broad SMARTS) is 1. The van der Waals surface area contributed by atoms with E-state index in [2.05, 4.69) is 0 Å². The predicted octanol–water partition coefficient (Wildman–Crippen LogP) is -0.183. The van der Waals surface area contributed by atoms with E-state index in [-0.39, 0.29) is 5.56 Å². The zero-order valence-electron chi connectivity index (χ0n) is 8.83. The standard InChI is InChI=1S/C10H13BO5/c1-2-9(12)16-11(15)8-5-3-7(4-6-8)10(13)14/h3-6,9,12,15H,2H2,1H3,(H,13,14)/t9-/m0/s1. The first-order valence-electron chi connectivity index (χ1n) is 4.89. The molecule has 0 bridgehead atoms. The van der Waals surface area contributed by atoms with Crippen LogP contribution in [0.2, 0.25) is 0 Å². The number of rotatable bonds is 5. The summed E-state index contributed by atoms with van der Waals surface area (Å²) in [6.07, 6.45) is -0.668. The van der Waals surface area contributed by atoms with Crippen molar-refractivity contribution in [2.45, 2.75) is 19.6 Å². The summed E-state index contributed by atoms with van der Waals surface area (Å²) in [5.41, 5.74) is 0.532. The summed E-state index contributed by atoms with van der Waals surface area (Å²) >= 11 is 0. The molecule has 0 saturated carbocycles. The lowest BCUT2D eigenvalue weighted by atomic mass is 9.79. The number of hydrogen-bond acceptors (Lipinski definition) is 4. The molecule has 0 saturated heterocycles. The molecule has 3 N–H and O–H groups in total. The molecule has 0 amide bonds. The summed E-state index contributed by atoms with van der Waals surface area (Å²) in [5, 5.41) is 27.3. The van der Waals surface area contributed by atoms with Crippen molar-refractivity contribution in [1.29, 1.82) is 0 Å². The molecule has 16 heavy (non-hydrogen) atoms. The fourth-order valence-corrected chi connectivity index (χ4v) is 1.11. The van der Waals surface area contributed by atoms with Crippen molar-refractivity contribution < 1.29 is 24.7 Å². The van der Waals surface area contributed by atoms with E-state index in [0.29, 0.717) is 11.9 Å². The van der Waals surface area contributed by atoms with Crippen LogP contribution in [0.3, 0.4) is 0 Å². The van der Waals surface area contributed by atoms with Crippen molar-refractivity contribution in [3.63, 3.8) is 0 Å². The second-order valence-electron chi connectivity index (χ2n) is 3.28. The Morgan fingerprint density at radius 2 is 2.00 bits per heavy atom. The average Bonchev–Trinajstić information content (AvgIpc) is 2.28. The summed E-state index contributed by atoms with van der Waals surface area (Å²) in [5.74, 6) is -1.03. The van der Waals surface area contributed by atoms with Crippen LogP contribution in [-0.2, 0) is 4.65 Å². The number of hydrogen-bond donors (Lipinski definition) is 3. The molecule has 0 aliphatic heterocycles. The minimum absolute atomic E-state index is 0.131. The third-order valence-electron chi connectivity index (χ3n) is 2.08. The van der Waals surface area contributed by atoms with Crippen LogP contribution in [-0.4, -0.2) is 34.6 Å². The Bertz CT molecular complexity index is 351. The molecule has 0 radical (unpaired) electrons. The van der Waals surface area contributed by atoms with E-state index in [0.717, 1.165) is 0 Å². The van der Waals surface area contributed by atoms with Crippen LogP contribution in [0.4, 0.5) is 0 Å². The Morgan fingerprint density at radius 1 is 1.44 bits per heavy atom. The van der Waals surface area contributed by atoms with Crippen molar-refractivity contribution in [3.8, 4) is 0 Å². The molecule has 1 rings (SSSR count). The van der Waals surface area contributed by atoms with Gasteiger partial charge in [0.2, 0.25) is 0 Å². The molecule has 1 aromatic rings. The fourth-order valence-electron chi connectivity index (χ4n) is 1.11. The fraction of sp³-hybridized carbons (Fsp3) is 0.300. The lowest BCUT2D eigenvalue weighted by Crippen LogP contribution is -2.37. The second kappa shape index (κ2) is 5.65. The molecule has 0 aromatic heterocycles. The highest BCUT2D eigenvalue weighted by molar-refractivity contribution is 6.60. The quantitative estimate of drug-likeness (QED) is 0.477. The maximum atomic E-state index is 10.6. The molecule has 0 fully saturated rings. The molecule has 0 spiro atoms. The minimum Gasteiger partial charge on any atom is -0.478 e. The average molecular weight is 224 g/mol. The lowest BCUT2D eigenvalue weighted by molar-refractivity contribution is -0.0308. The van der Waals surface area contributed by atoms with Gasteiger partial charge in [-0.25, -0.2) is 4.79 Å². The van der Waals surface area contributed by atoms with Crippen molar-refractivity contribution in [3.05, 3.63) is 29.8 Å². The van der Waals surface area contributed by atoms with E-state index in [1.54, 1.807) is 6.92 Å². The molecule has 0 aliphatic carbocycles. The normalized spacial score (nSPS) is 12.2. The number of benzene rings is 1. The van der Waals surface area contributed by atoms with Gasteiger partial charge in [-0.2, -0.15) is 0 Å². The third kappa shape index (κ3) is 3.34. The van der Waals surface area contributed by atoms with Gasteiger partial charge in [0.15, 0.2) is 0 Å². The van der Waals surface area contributed by atoms with E-state index in [9.17, 15) is 9.82 Å². The van der Waals surface area contributed by atoms with Gasteiger partial charge >= 0.3 is 13.1 Å². The highest BCUT2D eigenvalue weighted by atomic mass is 16.6. The predicted molar refractivity (Wildman–Crippen MR) is 58.4 cm³/mol. The van der Waals surface area contributed by atoms with Gasteiger partial charge in [-0.05, 0) is 24.0 Å². The van der Waals surface area contributed by atoms with Crippen LogP contribution in [0.5, 0.6) is 0 Å². The van der Waals surface area contributed by atoms with Gasteiger partial charge in [-0.1, -0.05) is 19.1 Å². The maximum Gasteiger partial charge on any atom is 0.493 e. The van der Waals surface area contributed by atoms with E-state index in [1.807, 2.05) is 0 Å². The summed E-state index contributed by atoms with van der Waals surface area (Å²) in [7, 11) is -1.25. The monoisotopic (exact) mass is 224 g/mol. The third-order valence-corrected chi connectivity index (χ3v) is 2.08. The van der Waals surface area contributed by atoms with Crippen LogP contribution >= 0.6 is 0 Å². The van der Waals surface area contributed by atoms with Gasteiger partial charge in [0, 0.05) is 0 Å². The van der Waals surface area contributed by atoms with Crippen LogP contribution in [0.1, 0.15) is 23.7 Å². The molecule has 0 heterocycles. The number of carbonyl (C=O) groups is 1. The van der Waals surface area contributed by atoms with Crippen molar-refractivity contribution in [2.24, 2.45) is 0 Å². The van der Waals surface area contributed by atoms with E-state index in [1.165, 1.54) is 24.3 Å². The molecule has 6 heteroatoms. The lowest BCUT2D eigenvalue weighted by Gasteiger charge is -2.12. The molecule has 5 nitrogen and oxygen atoms in total. The summed E-state index contributed by atoms with van der Waals surface area (Å²) < 4.78 is 4.85. The SMILES string of the molecule is CC[C@@H](O)OB(O)c1ccc(C(=O)O)cc1. The minimum atomic E-state index is -1.25.